The van der Waals surface area contributed by atoms with Gasteiger partial charge in [0.15, 0.2) is 6.23 Å². The second-order valence-electron chi connectivity index (χ2n) is 14.1. The van der Waals surface area contributed by atoms with Gasteiger partial charge in [0, 0.05) is 17.5 Å². The van der Waals surface area contributed by atoms with Crippen LogP contribution in [0.3, 0.4) is 0 Å². The van der Waals surface area contributed by atoms with Crippen molar-refractivity contribution in [2.24, 2.45) is 40.2 Å². The molecule has 13 atom stereocenters. The monoisotopic (exact) mass is 564 g/mol. The maximum absolute atomic E-state index is 12.5. The van der Waals surface area contributed by atoms with Crippen molar-refractivity contribution in [1.29, 1.82) is 0 Å². The number of aliphatic hydroxyl groups is 4. The van der Waals surface area contributed by atoms with Crippen LogP contribution in [0.5, 0.6) is 0 Å². The number of cyclic esters (lactones) is 1. The van der Waals surface area contributed by atoms with E-state index >= 15 is 0 Å². The zero-order valence-corrected chi connectivity index (χ0v) is 24.1. The number of hydroxylamine groups is 2. The fourth-order valence-corrected chi connectivity index (χ4v) is 10.4. The number of carbonyl (C=O) groups excluding carboxylic acids is 1. The summed E-state index contributed by atoms with van der Waals surface area (Å²) in [6, 6.07) is -0.893. The van der Waals surface area contributed by atoms with Crippen LogP contribution in [0.2, 0.25) is 0 Å². The second kappa shape index (κ2) is 10.3. The van der Waals surface area contributed by atoms with Crippen LogP contribution >= 0.6 is 0 Å². The number of nitrogens with zero attached hydrogens (tertiary/aromatic N) is 1. The first-order valence-corrected chi connectivity index (χ1v) is 15.3. The van der Waals surface area contributed by atoms with Gasteiger partial charge in [-0.05, 0) is 92.4 Å². The summed E-state index contributed by atoms with van der Waals surface area (Å²) in [5, 5.41) is 45.2. The quantitative estimate of drug-likeness (QED) is 0.243. The number of nitrogens with two attached hydrogens (primary N) is 1. The molecule has 226 valence electrons. The molecule has 4 saturated carbocycles. The molecule has 40 heavy (non-hydrogen) atoms. The van der Waals surface area contributed by atoms with Crippen LogP contribution in [0.4, 0.5) is 0 Å². The number of fused-ring (bicyclic) bond motifs is 5. The van der Waals surface area contributed by atoms with Gasteiger partial charge in [0.2, 0.25) is 0 Å². The summed E-state index contributed by atoms with van der Waals surface area (Å²) >= 11 is 0. The minimum absolute atomic E-state index is 0.0141. The van der Waals surface area contributed by atoms with Crippen molar-refractivity contribution in [2.45, 2.75) is 114 Å². The lowest BCUT2D eigenvalue weighted by molar-refractivity contribution is -0.332. The van der Waals surface area contributed by atoms with Gasteiger partial charge in [-0.3, -0.25) is 4.84 Å². The van der Waals surface area contributed by atoms with Crippen molar-refractivity contribution in [3.63, 3.8) is 0 Å². The van der Waals surface area contributed by atoms with Gasteiger partial charge in [0.05, 0.1) is 25.4 Å². The van der Waals surface area contributed by atoms with E-state index < -0.39 is 36.2 Å². The summed E-state index contributed by atoms with van der Waals surface area (Å²) in [5.74, 6) is 1.02. The third kappa shape index (κ3) is 4.08. The van der Waals surface area contributed by atoms with E-state index in [1.54, 1.807) is 18.2 Å². The van der Waals surface area contributed by atoms with E-state index in [2.05, 4.69) is 13.8 Å². The maximum Gasteiger partial charge on any atom is 0.331 e. The van der Waals surface area contributed by atoms with Crippen LogP contribution < -0.4 is 5.73 Å². The van der Waals surface area contributed by atoms with E-state index in [-0.39, 0.29) is 41.3 Å². The highest BCUT2D eigenvalue weighted by Gasteiger charge is 2.68. The summed E-state index contributed by atoms with van der Waals surface area (Å²) in [6.45, 7) is 4.68. The Labute approximate surface area is 236 Å². The van der Waals surface area contributed by atoms with E-state index in [0.29, 0.717) is 18.4 Å². The highest BCUT2D eigenvalue weighted by molar-refractivity contribution is 5.85. The predicted molar refractivity (Wildman–Crippen MR) is 144 cm³/mol. The second-order valence-corrected chi connectivity index (χ2v) is 14.1. The van der Waals surface area contributed by atoms with Gasteiger partial charge in [0.1, 0.15) is 24.9 Å². The highest BCUT2D eigenvalue weighted by atomic mass is 16.7. The van der Waals surface area contributed by atoms with Gasteiger partial charge >= 0.3 is 5.97 Å². The van der Waals surface area contributed by atoms with E-state index in [0.717, 1.165) is 63.4 Å². The Hall–Kier alpha value is -1.11. The van der Waals surface area contributed by atoms with Gasteiger partial charge < -0.3 is 35.6 Å². The fraction of sp³-hybridized carbons (Fsp3) is 0.900. The molecule has 0 aromatic carbocycles. The molecule has 0 aromatic heterocycles. The Balaban J connectivity index is 1.19. The Morgan fingerprint density at radius 2 is 1.85 bits per heavy atom. The van der Waals surface area contributed by atoms with Gasteiger partial charge in [-0.25, -0.2) is 4.79 Å². The predicted octanol–water partition coefficient (Wildman–Crippen LogP) is 1.24. The molecule has 0 amide bonds. The lowest BCUT2D eigenvalue weighted by atomic mass is 9.43. The van der Waals surface area contributed by atoms with E-state index in [1.165, 1.54) is 0 Å². The molecule has 5 fully saturated rings. The Morgan fingerprint density at radius 3 is 2.52 bits per heavy atom. The lowest BCUT2D eigenvalue weighted by Crippen LogP contribution is -2.67. The van der Waals surface area contributed by atoms with Gasteiger partial charge in [-0.1, -0.05) is 13.8 Å². The standard InChI is InChI=1S/C30H48N2O8/c1-28-9-6-18(32(38-3)27-26(36)25(35)24(31)22(14-33)40-27)13-17(28)4-5-21-20(28)7-10-29(2)19(8-11-30(21,29)37)16-12-23(34)39-15-16/h12,17-22,24-27,33,35-37H,4-11,13-15,31H2,1-3H3/t17-,18+,19-,20+,21-,22-,24-,25+,26-,27-,28+,29-,30+/m1/s1. The van der Waals surface area contributed by atoms with Crippen molar-refractivity contribution < 1.29 is 39.5 Å². The van der Waals surface area contributed by atoms with Crippen LogP contribution in [0, 0.1) is 34.5 Å². The first kappa shape index (κ1) is 29.0. The topological polar surface area (TPSA) is 155 Å². The molecule has 0 bridgehead atoms. The molecular formula is C30H48N2O8. The number of rotatable bonds is 5. The molecule has 2 aliphatic heterocycles. The minimum Gasteiger partial charge on any atom is -0.458 e. The molecule has 4 aliphatic carbocycles. The van der Waals surface area contributed by atoms with E-state index in [9.17, 15) is 25.2 Å². The summed E-state index contributed by atoms with van der Waals surface area (Å²) in [7, 11) is 1.56. The molecule has 0 aromatic rings. The number of aliphatic hydroxyl groups excluding tert-OH is 3. The maximum atomic E-state index is 12.5. The molecule has 10 heteroatoms. The summed E-state index contributed by atoms with van der Waals surface area (Å²) in [5.41, 5.74) is 6.13. The van der Waals surface area contributed by atoms with Crippen LogP contribution in [0.25, 0.3) is 0 Å². The van der Waals surface area contributed by atoms with Crippen molar-refractivity contribution in [2.75, 3.05) is 20.3 Å². The number of hydrogen-bond acceptors (Lipinski definition) is 10. The molecule has 0 unspecified atom stereocenters. The number of ether oxygens (including phenoxy) is 2. The molecule has 6 rings (SSSR count). The lowest BCUT2D eigenvalue weighted by Gasteiger charge is -2.64. The number of carbonyl (C=O) groups is 1. The summed E-state index contributed by atoms with van der Waals surface area (Å²) in [6.07, 6.45) is 5.83. The van der Waals surface area contributed by atoms with Gasteiger partial charge in [-0.15, -0.1) is 0 Å². The Bertz CT molecular complexity index is 1020. The van der Waals surface area contributed by atoms with Crippen molar-refractivity contribution in [3.05, 3.63) is 11.6 Å². The first-order valence-electron chi connectivity index (χ1n) is 15.3. The summed E-state index contributed by atoms with van der Waals surface area (Å²) < 4.78 is 11.2. The molecule has 6 aliphatic rings. The third-order valence-electron chi connectivity index (χ3n) is 12.7. The molecule has 10 nitrogen and oxygen atoms in total. The Morgan fingerprint density at radius 1 is 1.07 bits per heavy atom. The average Bonchev–Trinajstić information content (AvgIpc) is 3.48. The van der Waals surface area contributed by atoms with E-state index in [1.807, 2.05) is 0 Å². The number of esters is 1. The Kier molecular flexibility index (Phi) is 7.43. The molecule has 0 spiro atoms. The van der Waals surface area contributed by atoms with Crippen LogP contribution in [0.15, 0.2) is 11.6 Å². The van der Waals surface area contributed by atoms with Crippen LogP contribution in [0.1, 0.15) is 71.6 Å². The molecule has 2 heterocycles. The molecular weight excluding hydrogens is 516 g/mol. The normalized spacial score (nSPS) is 52.5. The summed E-state index contributed by atoms with van der Waals surface area (Å²) in [4.78, 5) is 17.6. The fourth-order valence-electron chi connectivity index (χ4n) is 10.4. The zero-order chi connectivity index (χ0) is 28.6. The molecule has 6 N–H and O–H groups in total. The molecule has 0 radical (unpaired) electrons. The van der Waals surface area contributed by atoms with E-state index in [4.69, 9.17) is 20.0 Å². The van der Waals surface area contributed by atoms with Crippen LogP contribution in [-0.2, 0) is 19.1 Å². The minimum atomic E-state index is -1.25. The van der Waals surface area contributed by atoms with Gasteiger partial charge in [0.25, 0.3) is 0 Å². The van der Waals surface area contributed by atoms with Crippen LogP contribution in [-0.4, -0.2) is 94.0 Å². The molecule has 1 saturated heterocycles. The van der Waals surface area contributed by atoms with Crippen molar-refractivity contribution in [3.8, 4) is 0 Å². The van der Waals surface area contributed by atoms with Crippen molar-refractivity contribution >= 4 is 5.97 Å². The smallest absolute Gasteiger partial charge is 0.331 e. The first-order chi connectivity index (χ1) is 19.0. The SMILES string of the molecule is CON([C@H]1CC[C@@]2(C)[C@H](CC[C@@H]3[C@@H]2CC[C@]2(C)[C@@H](C4=CC(=O)OC4)CC[C@]32O)C1)[C@@H]1O[C@H](CO)[C@@H](N)[C@H](O)[C@H]1O. The van der Waals surface area contributed by atoms with Gasteiger partial charge in [-0.2, -0.15) is 5.06 Å². The number of hydrogen-bond donors (Lipinski definition) is 5. The average molecular weight is 565 g/mol. The highest BCUT2D eigenvalue weighted by Crippen LogP contribution is 2.70. The van der Waals surface area contributed by atoms with Crippen molar-refractivity contribution in [1.82, 2.24) is 5.06 Å². The third-order valence-corrected chi connectivity index (χ3v) is 12.7. The largest absolute Gasteiger partial charge is 0.458 e. The zero-order valence-electron chi connectivity index (χ0n) is 24.1.